The maximum atomic E-state index is 13.0. The second-order valence-corrected chi connectivity index (χ2v) is 7.27. The summed E-state index contributed by atoms with van der Waals surface area (Å²) in [6, 6.07) is 11.8. The van der Waals surface area contributed by atoms with E-state index in [1.54, 1.807) is 42.5 Å². The van der Waals surface area contributed by atoms with Crippen molar-refractivity contribution in [2.24, 2.45) is 0 Å². The minimum absolute atomic E-state index is 0.00139. The number of hydrogen-bond donors (Lipinski definition) is 3. The number of methoxy groups -OCH3 is 1. The third-order valence-corrected chi connectivity index (χ3v) is 5.18. The molecule has 0 unspecified atom stereocenters. The molecule has 0 bridgehead atoms. The Hall–Kier alpha value is -3.07. The number of para-hydroxylation sites is 1. The molecule has 0 saturated heterocycles. The lowest BCUT2D eigenvalue weighted by Gasteiger charge is -2.17. The van der Waals surface area contributed by atoms with Gasteiger partial charge >= 0.3 is 5.97 Å². The highest BCUT2D eigenvalue weighted by Crippen LogP contribution is 2.29. The van der Waals surface area contributed by atoms with Gasteiger partial charge in [-0.05, 0) is 29.8 Å². The first-order valence-corrected chi connectivity index (χ1v) is 9.93. The molecule has 3 aromatic rings. The highest BCUT2D eigenvalue weighted by molar-refractivity contribution is 6.42. The van der Waals surface area contributed by atoms with Gasteiger partial charge in [-0.2, -0.15) is 0 Å². The molecule has 3 N–H and O–H groups in total. The highest BCUT2D eigenvalue weighted by Gasteiger charge is 2.24. The number of nitrogens with zero attached hydrogens (tertiary/aromatic N) is 2. The van der Waals surface area contributed by atoms with E-state index < -0.39 is 23.0 Å². The van der Waals surface area contributed by atoms with Gasteiger partial charge in [-0.15, -0.1) is 0 Å². The van der Waals surface area contributed by atoms with Crippen LogP contribution in [0.1, 0.15) is 16.1 Å². The quantitative estimate of drug-likeness (QED) is 0.461. The topological polar surface area (TPSA) is 114 Å². The molecule has 0 radical (unpaired) electrons. The molecule has 1 heterocycles. The molecule has 2 aromatic carbocycles. The van der Waals surface area contributed by atoms with Crippen LogP contribution in [-0.2, 0) is 11.3 Å². The molecule has 8 nitrogen and oxygen atoms in total. The monoisotopic (exact) mass is 463 g/mol. The Morgan fingerprint density at radius 2 is 1.94 bits per heavy atom. The Labute approximate surface area is 187 Å². The van der Waals surface area contributed by atoms with E-state index >= 15 is 0 Å². The number of carbonyl (C=O) groups is 1. The van der Waals surface area contributed by atoms with Crippen LogP contribution in [0.2, 0.25) is 10.0 Å². The van der Waals surface area contributed by atoms with Crippen LogP contribution in [0.3, 0.4) is 0 Å². The lowest BCUT2D eigenvalue weighted by atomic mass is 10.1. The second kappa shape index (κ2) is 9.82. The standard InChI is InChI=1S/C21H19Cl2N3O5/c1-31-21(30)17-18(28)20(29)26(11-12-6-7-14(22)15(23)10-12)19(25-17)13-4-2-3-5-16(13)24-8-9-27/h2-7,10,24,27-28H,8-9,11H2,1H3. The number of carbonyl (C=O) groups excluding carboxylic acids is 1. The van der Waals surface area contributed by atoms with Crippen molar-refractivity contribution in [2.45, 2.75) is 6.54 Å². The van der Waals surface area contributed by atoms with Gasteiger partial charge in [-0.1, -0.05) is 41.4 Å². The average molecular weight is 464 g/mol. The summed E-state index contributed by atoms with van der Waals surface area (Å²) in [5.74, 6) is -1.65. The fraction of sp³-hybridized carbons (Fsp3) is 0.190. The fourth-order valence-electron chi connectivity index (χ4n) is 2.98. The van der Waals surface area contributed by atoms with Crippen molar-refractivity contribution >= 4 is 34.9 Å². The van der Waals surface area contributed by atoms with E-state index in [2.05, 4.69) is 15.0 Å². The zero-order valence-electron chi connectivity index (χ0n) is 16.4. The lowest BCUT2D eigenvalue weighted by Crippen LogP contribution is -2.27. The summed E-state index contributed by atoms with van der Waals surface area (Å²) in [6.07, 6.45) is 0. The largest absolute Gasteiger partial charge is 0.501 e. The third kappa shape index (κ3) is 4.82. The number of aliphatic hydroxyl groups excluding tert-OH is 1. The van der Waals surface area contributed by atoms with Crippen molar-refractivity contribution in [3.05, 3.63) is 74.1 Å². The van der Waals surface area contributed by atoms with Gasteiger partial charge in [0.2, 0.25) is 5.75 Å². The first kappa shape index (κ1) is 22.6. The number of benzene rings is 2. The van der Waals surface area contributed by atoms with Gasteiger partial charge in [0.1, 0.15) is 5.82 Å². The van der Waals surface area contributed by atoms with Gasteiger partial charge in [-0.25, -0.2) is 9.78 Å². The van der Waals surface area contributed by atoms with Crippen molar-refractivity contribution in [1.82, 2.24) is 9.55 Å². The SMILES string of the molecule is COC(=O)c1nc(-c2ccccc2NCCO)n(Cc2ccc(Cl)c(Cl)c2)c(=O)c1O. The fourth-order valence-corrected chi connectivity index (χ4v) is 3.30. The van der Waals surface area contributed by atoms with Gasteiger partial charge in [0.15, 0.2) is 5.69 Å². The summed E-state index contributed by atoms with van der Waals surface area (Å²) in [5.41, 5.74) is 0.370. The van der Waals surface area contributed by atoms with E-state index in [0.29, 0.717) is 26.9 Å². The molecule has 0 saturated carbocycles. The number of esters is 1. The molecule has 10 heteroatoms. The summed E-state index contributed by atoms with van der Waals surface area (Å²) >= 11 is 12.1. The zero-order chi connectivity index (χ0) is 22.5. The summed E-state index contributed by atoms with van der Waals surface area (Å²) in [6.45, 7) is 0.151. The maximum Gasteiger partial charge on any atom is 0.360 e. The summed E-state index contributed by atoms with van der Waals surface area (Å²) in [7, 11) is 1.13. The van der Waals surface area contributed by atoms with Crippen molar-refractivity contribution in [2.75, 3.05) is 25.6 Å². The van der Waals surface area contributed by atoms with Crippen LogP contribution in [0.5, 0.6) is 5.75 Å². The van der Waals surface area contributed by atoms with Crippen LogP contribution in [0, 0.1) is 0 Å². The van der Waals surface area contributed by atoms with Crippen LogP contribution in [0.25, 0.3) is 11.4 Å². The number of aliphatic hydroxyl groups is 1. The van der Waals surface area contributed by atoms with E-state index in [9.17, 15) is 14.7 Å². The molecular weight excluding hydrogens is 445 g/mol. The van der Waals surface area contributed by atoms with Gasteiger partial charge in [-0.3, -0.25) is 9.36 Å². The molecule has 1 aromatic heterocycles. The van der Waals surface area contributed by atoms with Crippen molar-refractivity contribution in [3.63, 3.8) is 0 Å². The predicted octanol–water partition coefficient (Wildman–Crippen LogP) is 3.16. The molecule has 0 aliphatic rings. The molecule has 162 valence electrons. The number of nitrogens with one attached hydrogen (secondary N) is 1. The van der Waals surface area contributed by atoms with Gasteiger partial charge in [0.05, 0.1) is 30.3 Å². The number of hydrogen-bond acceptors (Lipinski definition) is 7. The minimum atomic E-state index is -0.946. The summed E-state index contributed by atoms with van der Waals surface area (Å²) in [4.78, 5) is 29.4. The number of ether oxygens (including phenoxy) is 1. The summed E-state index contributed by atoms with van der Waals surface area (Å²) < 4.78 is 5.88. The van der Waals surface area contributed by atoms with Gasteiger partial charge in [0.25, 0.3) is 5.56 Å². The minimum Gasteiger partial charge on any atom is -0.501 e. The Morgan fingerprint density at radius 3 is 2.61 bits per heavy atom. The van der Waals surface area contributed by atoms with Crippen LogP contribution in [0.4, 0.5) is 5.69 Å². The van der Waals surface area contributed by atoms with Crippen molar-refractivity contribution in [3.8, 4) is 17.1 Å². The molecule has 0 amide bonds. The van der Waals surface area contributed by atoms with Gasteiger partial charge in [0, 0.05) is 17.8 Å². The first-order chi connectivity index (χ1) is 14.9. The highest BCUT2D eigenvalue weighted by atomic mass is 35.5. The number of halogens is 2. The molecular formula is C21H19Cl2N3O5. The van der Waals surface area contributed by atoms with E-state index in [-0.39, 0.29) is 25.5 Å². The Bertz CT molecular complexity index is 1180. The molecule has 0 spiro atoms. The van der Waals surface area contributed by atoms with Crippen molar-refractivity contribution in [1.29, 1.82) is 0 Å². The molecule has 0 aliphatic carbocycles. The smallest absolute Gasteiger partial charge is 0.360 e. The van der Waals surface area contributed by atoms with E-state index in [1.165, 1.54) is 4.57 Å². The van der Waals surface area contributed by atoms with E-state index in [0.717, 1.165) is 7.11 Å². The van der Waals surface area contributed by atoms with E-state index in [4.69, 9.17) is 28.3 Å². The lowest BCUT2D eigenvalue weighted by molar-refractivity contribution is 0.0589. The molecule has 0 aliphatic heterocycles. The zero-order valence-corrected chi connectivity index (χ0v) is 17.9. The second-order valence-electron chi connectivity index (χ2n) is 6.46. The Morgan fingerprint density at radius 1 is 1.19 bits per heavy atom. The van der Waals surface area contributed by atoms with Crippen LogP contribution < -0.4 is 10.9 Å². The molecule has 31 heavy (non-hydrogen) atoms. The molecule has 0 fully saturated rings. The predicted molar refractivity (Wildman–Crippen MR) is 118 cm³/mol. The average Bonchev–Trinajstić information content (AvgIpc) is 2.78. The van der Waals surface area contributed by atoms with E-state index in [1.807, 2.05) is 0 Å². The van der Waals surface area contributed by atoms with Gasteiger partial charge < -0.3 is 20.3 Å². The Kier molecular flexibility index (Phi) is 7.17. The number of aromatic hydroxyl groups is 1. The normalized spacial score (nSPS) is 10.7. The van der Waals surface area contributed by atoms with Crippen LogP contribution in [0.15, 0.2) is 47.3 Å². The summed E-state index contributed by atoms with van der Waals surface area (Å²) in [5, 5.41) is 23.2. The van der Waals surface area contributed by atoms with Crippen LogP contribution >= 0.6 is 23.2 Å². The third-order valence-electron chi connectivity index (χ3n) is 4.44. The Balaban J connectivity index is 2.25. The molecule has 0 atom stereocenters. The number of anilines is 1. The number of aromatic nitrogens is 2. The number of rotatable bonds is 7. The maximum absolute atomic E-state index is 13.0. The van der Waals surface area contributed by atoms with Crippen LogP contribution in [-0.4, -0.2) is 46.0 Å². The first-order valence-electron chi connectivity index (χ1n) is 9.17. The molecule has 3 rings (SSSR count). The van der Waals surface area contributed by atoms with Crippen molar-refractivity contribution < 1.29 is 19.7 Å².